The maximum absolute atomic E-state index is 12.0. The molecule has 1 aromatic heterocycles. The molecular formula is C24H42O4. The molecule has 0 amide bonds. The molecule has 4 heteroatoms. The van der Waals surface area contributed by atoms with E-state index < -0.39 is 0 Å². The molecule has 0 saturated heterocycles. The standard InChI is InChI=1S/C24H42O4/c1-3-5-7-9-11-13-15-21(16-14-12-10-8-6-4-2)19-28-24-20-27-22(18-25)17-23(24)26/h17,20-21,25H,3-16,18-19H2,1-2H3. The smallest absolute Gasteiger partial charge is 0.227 e. The van der Waals surface area contributed by atoms with Crippen LogP contribution in [-0.4, -0.2) is 11.7 Å². The Labute approximate surface area is 171 Å². The van der Waals surface area contributed by atoms with Gasteiger partial charge in [0.2, 0.25) is 11.2 Å². The highest BCUT2D eigenvalue weighted by molar-refractivity contribution is 5.17. The predicted octanol–water partition coefficient (Wildman–Crippen LogP) is 6.63. The van der Waals surface area contributed by atoms with E-state index in [4.69, 9.17) is 14.3 Å². The first-order valence-electron chi connectivity index (χ1n) is 11.6. The van der Waals surface area contributed by atoms with Crippen molar-refractivity contribution >= 4 is 0 Å². The molecule has 0 aliphatic rings. The summed E-state index contributed by atoms with van der Waals surface area (Å²) in [6.07, 6.45) is 19.3. The SMILES string of the molecule is CCCCCCCCC(CCCCCCCC)COc1coc(CO)cc1=O. The summed E-state index contributed by atoms with van der Waals surface area (Å²) in [7, 11) is 0. The molecule has 0 aromatic carbocycles. The number of aliphatic hydroxyl groups excluding tert-OH is 1. The van der Waals surface area contributed by atoms with Crippen LogP contribution in [0, 0.1) is 5.92 Å². The lowest BCUT2D eigenvalue weighted by molar-refractivity contribution is 0.210. The first-order valence-corrected chi connectivity index (χ1v) is 11.6. The highest BCUT2D eigenvalue weighted by atomic mass is 16.5. The maximum atomic E-state index is 12.0. The summed E-state index contributed by atoms with van der Waals surface area (Å²) in [5.74, 6) is 1.02. The van der Waals surface area contributed by atoms with Crippen LogP contribution >= 0.6 is 0 Å². The molecule has 1 N–H and O–H groups in total. The fourth-order valence-corrected chi connectivity index (χ4v) is 3.57. The summed E-state index contributed by atoms with van der Waals surface area (Å²) in [5, 5.41) is 9.05. The molecule has 1 rings (SSSR count). The predicted molar refractivity (Wildman–Crippen MR) is 116 cm³/mol. The van der Waals surface area contributed by atoms with Crippen LogP contribution in [0.25, 0.3) is 0 Å². The van der Waals surface area contributed by atoms with E-state index in [-0.39, 0.29) is 23.5 Å². The summed E-state index contributed by atoms with van der Waals surface area (Å²) >= 11 is 0. The summed E-state index contributed by atoms with van der Waals surface area (Å²) < 4.78 is 11.0. The van der Waals surface area contributed by atoms with Gasteiger partial charge in [0, 0.05) is 6.07 Å². The quantitative estimate of drug-likeness (QED) is 0.284. The molecule has 0 fully saturated rings. The molecule has 0 unspecified atom stereocenters. The molecule has 0 bridgehead atoms. The number of ether oxygens (including phenoxy) is 1. The number of hydrogen-bond acceptors (Lipinski definition) is 4. The lowest BCUT2D eigenvalue weighted by atomic mass is 9.94. The molecule has 1 heterocycles. The van der Waals surface area contributed by atoms with Gasteiger partial charge in [-0.05, 0) is 18.8 Å². The van der Waals surface area contributed by atoms with Gasteiger partial charge < -0.3 is 14.3 Å². The van der Waals surface area contributed by atoms with Gasteiger partial charge in [0.25, 0.3) is 0 Å². The lowest BCUT2D eigenvalue weighted by Gasteiger charge is -2.17. The Morgan fingerprint density at radius 3 is 1.93 bits per heavy atom. The van der Waals surface area contributed by atoms with Gasteiger partial charge >= 0.3 is 0 Å². The van der Waals surface area contributed by atoms with Crippen molar-refractivity contribution in [1.82, 2.24) is 0 Å². The minimum atomic E-state index is -0.270. The largest absolute Gasteiger partial charge is 0.486 e. The molecule has 0 aliphatic carbocycles. The fraction of sp³-hybridized carbons (Fsp3) is 0.792. The molecule has 0 aliphatic heterocycles. The van der Waals surface area contributed by atoms with Crippen molar-refractivity contribution in [3.63, 3.8) is 0 Å². The van der Waals surface area contributed by atoms with Gasteiger partial charge in [0.1, 0.15) is 18.6 Å². The first kappa shape index (κ1) is 24.7. The zero-order valence-electron chi connectivity index (χ0n) is 18.2. The number of unbranched alkanes of at least 4 members (excludes halogenated alkanes) is 10. The lowest BCUT2D eigenvalue weighted by Crippen LogP contribution is -2.16. The van der Waals surface area contributed by atoms with Crippen LogP contribution in [0.1, 0.15) is 109 Å². The first-order chi connectivity index (χ1) is 13.7. The Balaban J connectivity index is 2.41. The van der Waals surface area contributed by atoms with Crippen LogP contribution in [0.15, 0.2) is 21.5 Å². The van der Waals surface area contributed by atoms with Crippen LogP contribution in [-0.2, 0) is 6.61 Å². The number of aliphatic hydroxyl groups is 1. The highest BCUT2D eigenvalue weighted by Crippen LogP contribution is 2.20. The zero-order chi connectivity index (χ0) is 20.5. The minimum absolute atomic E-state index is 0.215. The topological polar surface area (TPSA) is 59.7 Å². The third-order valence-corrected chi connectivity index (χ3v) is 5.41. The van der Waals surface area contributed by atoms with Crippen molar-refractivity contribution in [3.8, 4) is 5.75 Å². The Hall–Kier alpha value is -1.29. The second-order valence-corrected chi connectivity index (χ2v) is 8.02. The number of hydrogen-bond donors (Lipinski definition) is 1. The van der Waals surface area contributed by atoms with Gasteiger partial charge in [-0.15, -0.1) is 0 Å². The highest BCUT2D eigenvalue weighted by Gasteiger charge is 2.12. The Morgan fingerprint density at radius 1 is 0.893 bits per heavy atom. The summed E-state index contributed by atoms with van der Waals surface area (Å²) in [4.78, 5) is 12.0. The number of rotatable bonds is 18. The summed E-state index contributed by atoms with van der Waals surface area (Å²) in [6.45, 7) is 4.80. The van der Waals surface area contributed by atoms with Crippen LogP contribution in [0.2, 0.25) is 0 Å². The molecule has 162 valence electrons. The summed E-state index contributed by atoms with van der Waals surface area (Å²) in [5.41, 5.74) is -0.215. The van der Waals surface area contributed by atoms with Crippen molar-refractivity contribution in [3.05, 3.63) is 28.3 Å². The van der Waals surface area contributed by atoms with Crippen molar-refractivity contribution < 1.29 is 14.3 Å². The van der Waals surface area contributed by atoms with Crippen molar-refractivity contribution in [2.24, 2.45) is 5.92 Å². The second kappa shape index (κ2) is 16.6. The van der Waals surface area contributed by atoms with E-state index >= 15 is 0 Å². The van der Waals surface area contributed by atoms with Gasteiger partial charge in [0.15, 0.2) is 0 Å². The third-order valence-electron chi connectivity index (χ3n) is 5.41. The van der Waals surface area contributed by atoms with Gasteiger partial charge in [-0.1, -0.05) is 90.9 Å². The molecule has 0 atom stereocenters. The molecular weight excluding hydrogens is 352 g/mol. The van der Waals surface area contributed by atoms with Crippen molar-refractivity contribution in [1.29, 1.82) is 0 Å². The molecule has 28 heavy (non-hydrogen) atoms. The zero-order valence-corrected chi connectivity index (χ0v) is 18.2. The molecule has 0 spiro atoms. The summed E-state index contributed by atoms with van der Waals surface area (Å²) in [6, 6.07) is 1.31. The van der Waals surface area contributed by atoms with E-state index in [0.29, 0.717) is 12.5 Å². The van der Waals surface area contributed by atoms with E-state index in [1.165, 1.54) is 102 Å². The molecule has 4 nitrogen and oxygen atoms in total. The van der Waals surface area contributed by atoms with Crippen LogP contribution in [0.5, 0.6) is 5.75 Å². The molecule has 0 radical (unpaired) electrons. The van der Waals surface area contributed by atoms with Gasteiger partial charge in [-0.25, -0.2) is 0 Å². The second-order valence-electron chi connectivity index (χ2n) is 8.02. The van der Waals surface area contributed by atoms with E-state index in [2.05, 4.69) is 13.8 Å². The fourth-order valence-electron chi connectivity index (χ4n) is 3.57. The normalized spacial score (nSPS) is 11.3. The minimum Gasteiger partial charge on any atom is -0.486 e. The van der Waals surface area contributed by atoms with E-state index in [9.17, 15) is 4.79 Å². The van der Waals surface area contributed by atoms with Gasteiger partial charge in [0.05, 0.1) is 6.61 Å². The average Bonchev–Trinajstić information content (AvgIpc) is 2.71. The van der Waals surface area contributed by atoms with E-state index in [1.54, 1.807) is 0 Å². The van der Waals surface area contributed by atoms with Crippen molar-refractivity contribution in [2.75, 3.05) is 6.61 Å². The Bertz CT molecular complexity index is 522. The van der Waals surface area contributed by atoms with Gasteiger partial charge in [-0.3, -0.25) is 4.79 Å². The van der Waals surface area contributed by atoms with Crippen LogP contribution < -0.4 is 10.2 Å². The van der Waals surface area contributed by atoms with Gasteiger partial charge in [-0.2, -0.15) is 0 Å². The Morgan fingerprint density at radius 2 is 1.43 bits per heavy atom. The maximum Gasteiger partial charge on any atom is 0.227 e. The van der Waals surface area contributed by atoms with E-state index in [0.717, 1.165) is 0 Å². The monoisotopic (exact) mass is 394 g/mol. The third kappa shape index (κ3) is 11.5. The molecule has 1 aromatic rings. The van der Waals surface area contributed by atoms with Crippen LogP contribution in [0.3, 0.4) is 0 Å². The van der Waals surface area contributed by atoms with E-state index in [1.807, 2.05) is 0 Å². The molecule has 0 saturated carbocycles. The average molecular weight is 395 g/mol. The van der Waals surface area contributed by atoms with Crippen LogP contribution in [0.4, 0.5) is 0 Å². The van der Waals surface area contributed by atoms with Crippen molar-refractivity contribution in [2.45, 2.75) is 110 Å². The Kier molecular flexibility index (Phi) is 14.7.